The van der Waals surface area contributed by atoms with Crippen LogP contribution in [0.5, 0.6) is 5.75 Å². The largest absolute Gasteiger partial charge is 0.508 e. The molecule has 0 amide bonds. The molecular formula is C12H13NO3. The fraction of sp³-hybridized carbons (Fsp3) is 0.333. The summed E-state index contributed by atoms with van der Waals surface area (Å²) in [5.41, 5.74) is 0.571. The molecule has 0 fully saturated rings. The molecule has 0 aromatic heterocycles. The number of benzene rings is 1. The zero-order valence-electron chi connectivity index (χ0n) is 9.01. The number of para-hydroxylation sites is 1. The second-order valence-corrected chi connectivity index (χ2v) is 3.27. The Morgan fingerprint density at radius 2 is 2.25 bits per heavy atom. The van der Waals surface area contributed by atoms with Crippen molar-refractivity contribution in [2.75, 3.05) is 6.61 Å². The van der Waals surface area contributed by atoms with E-state index in [1.165, 1.54) is 6.07 Å². The summed E-state index contributed by atoms with van der Waals surface area (Å²) in [5.74, 6) is -1.33. The molecule has 1 rings (SSSR count). The maximum atomic E-state index is 11.4. The molecule has 0 aliphatic rings. The van der Waals surface area contributed by atoms with Gasteiger partial charge in [0, 0.05) is 6.42 Å². The third kappa shape index (κ3) is 2.99. The quantitative estimate of drug-likeness (QED) is 0.781. The van der Waals surface area contributed by atoms with Gasteiger partial charge in [-0.05, 0) is 18.6 Å². The molecule has 4 nitrogen and oxygen atoms in total. The van der Waals surface area contributed by atoms with E-state index in [4.69, 9.17) is 10.00 Å². The first-order valence-electron chi connectivity index (χ1n) is 5.02. The average Bonchev–Trinajstić information content (AvgIpc) is 2.28. The van der Waals surface area contributed by atoms with Crippen LogP contribution in [0.4, 0.5) is 0 Å². The predicted octanol–water partition coefficient (Wildman–Crippen LogP) is 1.64. The van der Waals surface area contributed by atoms with Crippen molar-refractivity contribution >= 4 is 5.97 Å². The average molecular weight is 219 g/mol. The summed E-state index contributed by atoms with van der Waals surface area (Å²) in [6.45, 7) is 1.93. The summed E-state index contributed by atoms with van der Waals surface area (Å²) in [6.07, 6.45) is 0.169. The molecule has 0 spiro atoms. The highest BCUT2D eigenvalue weighted by Crippen LogP contribution is 2.19. The first kappa shape index (κ1) is 12.1. The normalized spacial score (nSPS) is 11.5. The summed E-state index contributed by atoms with van der Waals surface area (Å²) in [7, 11) is 0. The van der Waals surface area contributed by atoms with Crippen LogP contribution in [0.1, 0.15) is 12.5 Å². The smallest absolute Gasteiger partial charge is 0.323 e. The number of nitrogens with zero attached hydrogens (tertiary/aromatic N) is 1. The molecule has 1 aromatic carbocycles. The van der Waals surface area contributed by atoms with E-state index in [0.717, 1.165) is 0 Å². The zero-order chi connectivity index (χ0) is 12.0. The fourth-order valence-corrected chi connectivity index (χ4v) is 1.33. The Morgan fingerprint density at radius 3 is 2.81 bits per heavy atom. The van der Waals surface area contributed by atoms with Gasteiger partial charge in [0.25, 0.3) is 0 Å². The molecule has 0 aliphatic carbocycles. The number of hydrogen-bond acceptors (Lipinski definition) is 4. The topological polar surface area (TPSA) is 70.3 Å². The van der Waals surface area contributed by atoms with Crippen LogP contribution in [0.3, 0.4) is 0 Å². The maximum absolute atomic E-state index is 11.4. The van der Waals surface area contributed by atoms with Gasteiger partial charge in [-0.15, -0.1) is 0 Å². The standard InChI is InChI=1S/C12H13NO3/c1-2-16-12(15)10(8-13)7-9-5-3-4-6-11(9)14/h3-6,10,14H,2,7H2,1H3. The van der Waals surface area contributed by atoms with Crippen molar-refractivity contribution in [3.05, 3.63) is 29.8 Å². The highest BCUT2D eigenvalue weighted by Gasteiger charge is 2.20. The number of nitriles is 1. The van der Waals surface area contributed by atoms with Crippen LogP contribution in [-0.2, 0) is 16.0 Å². The second kappa shape index (κ2) is 5.76. The van der Waals surface area contributed by atoms with Gasteiger partial charge in [0.15, 0.2) is 0 Å². The number of ether oxygens (including phenoxy) is 1. The molecule has 1 unspecified atom stereocenters. The lowest BCUT2D eigenvalue weighted by Crippen LogP contribution is -2.18. The molecule has 1 N–H and O–H groups in total. The lowest BCUT2D eigenvalue weighted by atomic mass is 10.00. The number of hydrogen-bond donors (Lipinski definition) is 1. The number of aromatic hydroxyl groups is 1. The molecule has 4 heteroatoms. The Kier molecular flexibility index (Phi) is 4.34. The number of phenolic OH excluding ortho intramolecular Hbond substituents is 1. The Labute approximate surface area is 94.1 Å². The molecular weight excluding hydrogens is 206 g/mol. The van der Waals surface area contributed by atoms with Crippen molar-refractivity contribution in [3.8, 4) is 11.8 Å². The monoisotopic (exact) mass is 219 g/mol. The van der Waals surface area contributed by atoms with Gasteiger partial charge in [-0.2, -0.15) is 5.26 Å². The van der Waals surface area contributed by atoms with Crippen molar-refractivity contribution < 1.29 is 14.6 Å². The second-order valence-electron chi connectivity index (χ2n) is 3.27. The number of carbonyl (C=O) groups excluding carboxylic acids is 1. The molecule has 1 atom stereocenters. The van der Waals surface area contributed by atoms with E-state index >= 15 is 0 Å². The van der Waals surface area contributed by atoms with Crippen LogP contribution in [-0.4, -0.2) is 17.7 Å². The molecule has 1 aromatic rings. The molecule has 0 radical (unpaired) electrons. The van der Waals surface area contributed by atoms with Gasteiger partial charge in [0.1, 0.15) is 11.7 Å². The number of carbonyl (C=O) groups is 1. The highest BCUT2D eigenvalue weighted by atomic mass is 16.5. The van der Waals surface area contributed by atoms with Crippen LogP contribution in [0.2, 0.25) is 0 Å². The maximum Gasteiger partial charge on any atom is 0.323 e. The van der Waals surface area contributed by atoms with Crippen LogP contribution in [0.25, 0.3) is 0 Å². The third-order valence-corrected chi connectivity index (χ3v) is 2.14. The predicted molar refractivity (Wildman–Crippen MR) is 57.5 cm³/mol. The van der Waals surface area contributed by atoms with Crippen molar-refractivity contribution in [3.63, 3.8) is 0 Å². The number of phenols is 1. The van der Waals surface area contributed by atoms with E-state index in [0.29, 0.717) is 5.56 Å². The molecule has 84 valence electrons. The molecule has 16 heavy (non-hydrogen) atoms. The van der Waals surface area contributed by atoms with Gasteiger partial charge in [0.2, 0.25) is 0 Å². The Balaban J connectivity index is 2.75. The molecule has 0 bridgehead atoms. The van der Waals surface area contributed by atoms with E-state index in [-0.39, 0.29) is 18.8 Å². The Bertz CT molecular complexity index is 409. The van der Waals surface area contributed by atoms with Gasteiger partial charge >= 0.3 is 5.97 Å². The SMILES string of the molecule is CCOC(=O)C(C#N)Cc1ccccc1O. The van der Waals surface area contributed by atoms with Crippen molar-refractivity contribution in [1.82, 2.24) is 0 Å². The fourth-order valence-electron chi connectivity index (χ4n) is 1.33. The van der Waals surface area contributed by atoms with E-state index in [2.05, 4.69) is 0 Å². The number of esters is 1. The lowest BCUT2D eigenvalue weighted by molar-refractivity contribution is -0.145. The third-order valence-electron chi connectivity index (χ3n) is 2.14. The molecule has 0 saturated heterocycles. The van der Waals surface area contributed by atoms with Crippen LogP contribution >= 0.6 is 0 Å². The van der Waals surface area contributed by atoms with Crippen molar-refractivity contribution in [2.24, 2.45) is 5.92 Å². The van der Waals surface area contributed by atoms with Crippen LogP contribution in [0.15, 0.2) is 24.3 Å². The minimum Gasteiger partial charge on any atom is -0.508 e. The number of rotatable bonds is 4. The Hall–Kier alpha value is -2.02. The highest BCUT2D eigenvalue weighted by molar-refractivity contribution is 5.75. The van der Waals surface area contributed by atoms with E-state index in [1.54, 1.807) is 25.1 Å². The summed E-state index contributed by atoms with van der Waals surface area (Å²) >= 11 is 0. The molecule has 0 aliphatic heterocycles. The summed E-state index contributed by atoms with van der Waals surface area (Å²) < 4.78 is 4.76. The molecule has 0 saturated carbocycles. The van der Waals surface area contributed by atoms with E-state index < -0.39 is 11.9 Å². The van der Waals surface area contributed by atoms with E-state index in [1.807, 2.05) is 6.07 Å². The molecule has 0 heterocycles. The van der Waals surface area contributed by atoms with Crippen LogP contribution in [0, 0.1) is 17.2 Å². The van der Waals surface area contributed by atoms with Gasteiger partial charge < -0.3 is 9.84 Å². The minimum absolute atomic E-state index is 0.0899. The van der Waals surface area contributed by atoms with Crippen molar-refractivity contribution in [1.29, 1.82) is 5.26 Å². The summed E-state index contributed by atoms with van der Waals surface area (Å²) in [6, 6.07) is 8.51. The van der Waals surface area contributed by atoms with Gasteiger partial charge in [-0.25, -0.2) is 0 Å². The van der Waals surface area contributed by atoms with Gasteiger partial charge in [0.05, 0.1) is 12.7 Å². The van der Waals surface area contributed by atoms with Crippen molar-refractivity contribution in [2.45, 2.75) is 13.3 Å². The first-order chi connectivity index (χ1) is 7.69. The minimum atomic E-state index is -0.867. The van der Waals surface area contributed by atoms with E-state index in [9.17, 15) is 9.90 Å². The van der Waals surface area contributed by atoms with Gasteiger partial charge in [-0.3, -0.25) is 4.79 Å². The summed E-state index contributed by atoms with van der Waals surface area (Å²) in [5, 5.41) is 18.3. The van der Waals surface area contributed by atoms with Crippen LogP contribution < -0.4 is 0 Å². The Morgan fingerprint density at radius 1 is 1.56 bits per heavy atom. The van der Waals surface area contributed by atoms with Gasteiger partial charge in [-0.1, -0.05) is 18.2 Å². The summed E-state index contributed by atoms with van der Waals surface area (Å²) in [4.78, 5) is 11.4. The first-order valence-corrected chi connectivity index (χ1v) is 5.02. The zero-order valence-corrected chi connectivity index (χ0v) is 9.01. The lowest BCUT2D eigenvalue weighted by Gasteiger charge is -2.09.